The normalized spacial score (nSPS) is 18.6. The van der Waals surface area contributed by atoms with Gasteiger partial charge in [-0.1, -0.05) is 6.07 Å². The van der Waals surface area contributed by atoms with Crippen molar-refractivity contribution < 1.29 is 9.15 Å². The van der Waals surface area contributed by atoms with Crippen LogP contribution in [0.4, 0.5) is 0 Å². The van der Waals surface area contributed by atoms with Crippen molar-refractivity contribution in [3.63, 3.8) is 0 Å². The summed E-state index contributed by atoms with van der Waals surface area (Å²) in [5.41, 5.74) is 8.05. The van der Waals surface area contributed by atoms with Crippen LogP contribution in [0, 0.1) is 0 Å². The molecule has 3 N–H and O–H groups in total. The van der Waals surface area contributed by atoms with E-state index in [2.05, 4.69) is 4.98 Å². The molecule has 2 heterocycles. The fraction of sp³-hybridized carbons (Fsp3) is 0.364. The lowest BCUT2D eigenvalue weighted by atomic mass is 9.79. The van der Waals surface area contributed by atoms with E-state index < -0.39 is 5.76 Å². The molecule has 1 fully saturated rings. The van der Waals surface area contributed by atoms with Gasteiger partial charge in [0.25, 0.3) is 0 Å². The van der Waals surface area contributed by atoms with Gasteiger partial charge in [0.1, 0.15) is 0 Å². The highest BCUT2D eigenvalue weighted by Crippen LogP contribution is 2.32. The van der Waals surface area contributed by atoms with Gasteiger partial charge in [0.15, 0.2) is 5.58 Å². The van der Waals surface area contributed by atoms with E-state index >= 15 is 0 Å². The molecule has 3 rings (SSSR count). The highest BCUT2D eigenvalue weighted by molar-refractivity contribution is 5.73. The maximum absolute atomic E-state index is 11.0. The average molecular weight is 220 g/mol. The van der Waals surface area contributed by atoms with Gasteiger partial charge < -0.3 is 14.9 Å². The van der Waals surface area contributed by atoms with E-state index in [0.29, 0.717) is 30.9 Å². The number of nitrogens with two attached hydrogens (primary N) is 1. The average Bonchev–Trinajstić information content (AvgIpc) is 2.56. The monoisotopic (exact) mass is 220 g/mol. The number of H-pyrrole nitrogens is 1. The van der Waals surface area contributed by atoms with Gasteiger partial charge in [-0.05, 0) is 17.7 Å². The Morgan fingerprint density at radius 1 is 1.44 bits per heavy atom. The van der Waals surface area contributed by atoms with E-state index in [1.54, 1.807) is 6.07 Å². The molecule has 2 aromatic rings. The third-order valence-corrected chi connectivity index (χ3v) is 3.18. The first-order valence-corrected chi connectivity index (χ1v) is 5.15. The van der Waals surface area contributed by atoms with Gasteiger partial charge in [0.05, 0.1) is 24.1 Å². The lowest BCUT2D eigenvalue weighted by molar-refractivity contribution is -0.0549. The molecule has 0 bridgehead atoms. The maximum Gasteiger partial charge on any atom is 0.417 e. The molecule has 0 unspecified atom stereocenters. The Hall–Kier alpha value is -1.59. The first-order valence-electron chi connectivity index (χ1n) is 5.15. The van der Waals surface area contributed by atoms with Crippen molar-refractivity contribution >= 4 is 11.1 Å². The predicted octanol–water partition coefficient (Wildman–Crippen LogP) is 0.348. The molecule has 84 valence electrons. The molecular formula is C11H12N2O3. The largest absolute Gasteiger partial charge is 0.417 e. The molecule has 5 nitrogen and oxygen atoms in total. The van der Waals surface area contributed by atoms with E-state index in [0.717, 1.165) is 5.56 Å². The third kappa shape index (κ3) is 1.22. The summed E-state index contributed by atoms with van der Waals surface area (Å²) in [6.07, 6.45) is 0. The van der Waals surface area contributed by atoms with Gasteiger partial charge in [0, 0.05) is 6.54 Å². The molecule has 16 heavy (non-hydrogen) atoms. The Bertz CT molecular complexity index is 575. The standard InChI is InChI=1S/C11H12N2O3/c12-4-11(5-15-6-11)7-1-2-9-8(3-7)13-10(14)16-9/h1-3H,4-6,12H2,(H,13,14). The lowest BCUT2D eigenvalue weighted by Crippen LogP contribution is -2.52. The number of nitrogens with one attached hydrogen (secondary N) is 1. The highest BCUT2D eigenvalue weighted by atomic mass is 16.5. The minimum atomic E-state index is -0.432. The second-order valence-electron chi connectivity index (χ2n) is 4.20. The smallest absolute Gasteiger partial charge is 0.408 e. The van der Waals surface area contributed by atoms with E-state index in [-0.39, 0.29) is 5.41 Å². The molecule has 0 atom stereocenters. The molecule has 1 saturated heterocycles. The molecular weight excluding hydrogens is 208 g/mol. The number of ether oxygens (including phenoxy) is 1. The van der Waals surface area contributed by atoms with E-state index in [1.807, 2.05) is 12.1 Å². The predicted molar refractivity (Wildman–Crippen MR) is 58.4 cm³/mol. The van der Waals surface area contributed by atoms with Gasteiger partial charge in [-0.25, -0.2) is 4.79 Å². The van der Waals surface area contributed by atoms with Crippen molar-refractivity contribution in [2.24, 2.45) is 5.73 Å². The summed E-state index contributed by atoms with van der Waals surface area (Å²) >= 11 is 0. The van der Waals surface area contributed by atoms with Crippen molar-refractivity contribution in [2.75, 3.05) is 19.8 Å². The Kier molecular flexibility index (Phi) is 1.92. The summed E-state index contributed by atoms with van der Waals surface area (Å²) in [4.78, 5) is 13.7. The number of hydrogen-bond donors (Lipinski definition) is 2. The number of hydrogen-bond acceptors (Lipinski definition) is 4. The van der Waals surface area contributed by atoms with Crippen LogP contribution in [0.2, 0.25) is 0 Å². The molecule has 0 amide bonds. The van der Waals surface area contributed by atoms with E-state index in [4.69, 9.17) is 14.9 Å². The Morgan fingerprint density at radius 3 is 2.88 bits per heavy atom. The topological polar surface area (TPSA) is 81.2 Å². The van der Waals surface area contributed by atoms with Gasteiger partial charge in [-0.2, -0.15) is 0 Å². The van der Waals surface area contributed by atoms with Crippen LogP contribution in [0.25, 0.3) is 11.1 Å². The number of fused-ring (bicyclic) bond motifs is 1. The van der Waals surface area contributed by atoms with Crippen molar-refractivity contribution in [1.82, 2.24) is 4.98 Å². The zero-order chi connectivity index (χ0) is 11.2. The molecule has 1 aliphatic rings. The van der Waals surface area contributed by atoms with Crippen molar-refractivity contribution in [3.8, 4) is 0 Å². The van der Waals surface area contributed by atoms with Crippen molar-refractivity contribution in [1.29, 1.82) is 0 Å². The lowest BCUT2D eigenvalue weighted by Gasteiger charge is -2.40. The van der Waals surface area contributed by atoms with Crippen LogP contribution in [0.3, 0.4) is 0 Å². The van der Waals surface area contributed by atoms with Gasteiger partial charge in [-0.3, -0.25) is 4.98 Å². The summed E-state index contributed by atoms with van der Waals surface area (Å²) in [5.74, 6) is -0.432. The van der Waals surface area contributed by atoms with E-state index in [9.17, 15) is 4.79 Å². The molecule has 0 saturated carbocycles. The van der Waals surface area contributed by atoms with Gasteiger partial charge in [0.2, 0.25) is 0 Å². The quantitative estimate of drug-likeness (QED) is 0.765. The minimum Gasteiger partial charge on any atom is -0.408 e. The minimum absolute atomic E-state index is 0.0949. The Morgan fingerprint density at radius 2 is 2.25 bits per heavy atom. The molecule has 0 aliphatic carbocycles. The van der Waals surface area contributed by atoms with Crippen LogP contribution < -0.4 is 11.5 Å². The Labute approximate surface area is 91.2 Å². The van der Waals surface area contributed by atoms with Crippen LogP contribution in [0.5, 0.6) is 0 Å². The third-order valence-electron chi connectivity index (χ3n) is 3.18. The molecule has 0 radical (unpaired) electrons. The first kappa shape index (κ1) is 9.62. The molecule has 1 aliphatic heterocycles. The fourth-order valence-corrected chi connectivity index (χ4v) is 2.03. The molecule has 0 spiro atoms. The number of aromatic amines is 1. The molecule has 5 heteroatoms. The zero-order valence-corrected chi connectivity index (χ0v) is 8.66. The van der Waals surface area contributed by atoms with Crippen molar-refractivity contribution in [2.45, 2.75) is 5.41 Å². The number of oxazole rings is 1. The number of aromatic nitrogens is 1. The summed E-state index contributed by atoms with van der Waals surface area (Å²) in [7, 11) is 0. The highest BCUT2D eigenvalue weighted by Gasteiger charge is 2.39. The summed E-state index contributed by atoms with van der Waals surface area (Å²) in [6, 6.07) is 5.64. The van der Waals surface area contributed by atoms with Crippen molar-refractivity contribution in [3.05, 3.63) is 34.3 Å². The fourth-order valence-electron chi connectivity index (χ4n) is 2.03. The molecule has 1 aromatic heterocycles. The van der Waals surface area contributed by atoms with Gasteiger partial charge in [-0.15, -0.1) is 0 Å². The summed E-state index contributed by atoms with van der Waals surface area (Å²) in [5, 5.41) is 0. The van der Waals surface area contributed by atoms with Crippen LogP contribution in [-0.4, -0.2) is 24.7 Å². The second kappa shape index (κ2) is 3.20. The van der Waals surface area contributed by atoms with Crippen LogP contribution in [-0.2, 0) is 10.2 Å². The van der Waals surface area contributed by atoms with Crippen LogP contribution >= 0.6 is 0 Å². The van der Waals surface area contributed by atoms with E-state index in [1.165, 1.54) is 0 Å². The summed E-state index contributed by atoms with van der Waals surface area (Å²) < 4.78 is 10.2. The SMILES string of the molecule is NCC1(c2ccc3oc(=O)[nH]c3c2)COC1. The van der Waals surface area contributed by atoms with Crippen LogP contribution in [0.15, 0.2) is 27.4 Å². The molecule has 1 aromatic carbocycles. The summed E-state index contributed by atoms with van der Waals surface area (Å²) in [6.45, 7) is 1.81. The first-order chi connectivity index (χ1) is 7.73. The number of rotatable bonds is 2. The second-order valence-corrected chi connectivity index (χ2v) is 4.20. The Balaban J connectivity index is 2.14. The zero-order valence-electron chi connectivity index (χ0n) is 8.66. The van der Waals surface area contributed by atoms with Crippen LogP contribution in [0.1, 0.15) is 5.56 Å². The maximum atomic E-state index is 11.0. The number of benzene rings is 1. The van der Waals surface area contributed by atoms with Gasteiger partial charge >= 0.3 is 5.76 Å².